The minimum absolute atomic E-state index is 0.116. The van der Waals surface area contributed by atoms with Crippen LogP contribution in [0.25, 0.3) is 10.8 Å². The third kappa shape index (κ3) is 6.38. The maximum atomic E-state index is 10.2. The lowest BCUT2D eigenvalue weighted by molar-refractivity contribution is 0.0686. The molecule has 152 valence electrons. The van der Waals surface area contributed by atoms with Crippen LogP contribution >= 0.6 is 0 Å². The normalized spacial score (nSPS) is 9.47. The summed E-state index contributed by atoms with van der Waals surface area (Å²) in [5.74, 6) is -1.53. The van der Waals surface area contributed by atoms with Crippen LogP contribution in [0.1, 0.15) is 20.7 Å². The molecule has 0 atom stereocenters. The first kappa shape index (κ1) is 22.0. The molecule has 6 nitrogen and oxygen atoms in total. The summed E-state index contributed by atoms with van der Waals surface area (Å²) in [6.45, 7) is 0. The fourth-order valence-corrected chi connectivity index (χ4v) is 2.46. The second kappa shape index (κ2) is 10.9. The molecular weight excluding hydrogens is 384 g/mol. The van der Waals surface area contributed by atoms with Crippen LogP contribution in [-0.2, 0) is 0 Å². The highest BCUT2D eigenvalue weighted by Crippen LogP contribution is 2.31. The summed E-state index contributed by atoms with van der Waals surface area (Å²) in [7, 11) is 0. The van der Waals surface area contributed by atoms with Crippen LogP contribution in [-0.4, -0.2) is 32.4 Å². The zero-order valence-electron chi connectivity index (χ0n) is 15.8. The summed E-state index contributed by atoms with van der Waals surface area (Å²) < 4.78 is 0. The Hall–Kier alpha value is -4.32. The van der Waals surface area contributed by atoms with Crippen LogP contribution in [0.4, 0.5) is 0 Å². The average Bonchev–Trinajstić information content (AvgIpc) is 2.76. The van der Waals surface area contributed by atoms with Gasteiger partial charge in [-0.2, -0.15) is 0 Å². The van der Waals surface area contributed by atoms with Gasteiger partial charge in [0.1, 0.15) is 11.5 Å². The minimum atomic E-state index is -0.879. The molecule has 0 aliphatic heterocycles. The molecule has 30 heavy (non-hydrogen) atoms. The Kier molecular flexibility index (Phi) is 7.96. The molecule has 4 aromatic carbocycles. The Balaban J connectivity index is 0.000000163. The smallest absolute Gasteiger partial charge is 0.335 e. The molecule has 4 aromatic rings. The van der Waals surface area contributed by atoms with Crippen molar-refractivity contribution in [2.45, 2.75) is 0 Å². The van der Waals surface area contributed by atoms with Gasteiger partial charge in [0.25, 0.3) is 0 Å². The zero-order chi connectivity index (χ0) is 21.9. The maximum Gasteiger partial charge on any atom is 0.335 e. The average molecular weight is 404 g/mol. The first-order chi connectivity index (χ1) is 14.4. The van der Waals surface area contributed by atoms with E-state index in [1.54, 1.807) is 84.9 Å². The molecule has 0 aliphatic carbocycles. The number of hydrogen-bond donors (Lipinski definition) is 4. The molecule has 4 N–H and O–H groups in total. The van der Waals surface area contributed by atoms with Crippen molar-refractivity contribution in [3.05, 3.63) is 108 Å². The van der Waals surface area contributed by atoms with Gasteiger partial charge in [0.2, 0.25) is 0 Å². The molecule has 0 fully saturated rings. The van der Waals surface area contributed by atoms with E-state index in [-0.39, 0.29) is 11.5 Å². The van der Waals surface area contributed by atoms with E-state index in [4.69, 9.17) is 10.2 Å². The summed E-state index contributed by atoms with van der Waals surface area (Å²) in [5.41, 5.74) is 0.662. The highest BCUT2D eigenvalue weighted by atomic mass is 16.4. The number of rotatable bonds is 2. The molecule has 0 saturated carbocycles. The summed E-state index contributed by atoms with van der Waals surface area (Å²) in [6.07, 6.45) is 0. The van der Waals surface area contributed by atoms with E-state index in [2.05, 4.69) is 0 Å². The van der Waals surface area contributed by atoms with Crippen LogP contribution in [0.15, 0.2) is 97.1 Å². The number of phenols is 2. The summed E-state index contributed by atoms with van der Waals surface area (Å²) in [6, 6.07) is 26.9. The predicted molar refractivity (Wildman–Crippen MR) is 114 cm³/mol. The summed E-state index contributed by atoms with van der Waals surface area (Å²) in [4.78, 5) is 20.4. The zero-order valence-corrected chi connectivity index (χ0v) is 15.8. The fraction of sp³-hybridized carbons (Fsp3) is 0. The molecule has 0 radical (unpaired) electrons. The third-order valence-corrected chi connectivity index (χ3v) is 3.90. The van der Waals surface area contributed by atoms with Gasteiger partial charge < -0.3 is 20.4 Å². The van der Waals surface area contributed by atoms with E-state index < -0.39 is 11.9 Å². The summed E-state index contributed by atoms with van der Waals surface area (Å²) >= 11 is 0. The maximum absolute atomic E-state index is 10.2. The number of carboxylic acid groups (broad SMARTS) is 2. The van der Waals surface area contributed by atoms with Crippen molar-refractivity contribution in [2.75, 3.05) is 0 Å². The van der Waals surface area contributed by atoms with Gasteiger partial charge in [0.15, 0.2) is 0 Å². The Morgan fingerprint density at radius 1 is 0.500 bits per heavy atom. The van der Waals surface area contributed by atoms with E-state index in [1.165, 1.54) is 0 Å². The molecular formula is C24H20O6. The second-order valence-corrected chi connectivity index (χ2v) is 5.99. The second-order valence-electron chi connectivity index (χ2n) is 5.99. The highest BCUT2D eigenvalue weighted by Gasteiger charge is 2.02. The van der Waals surface area contributed by atoms with E-state index in [9.17, 15) is 19.8 Å². The minimum Gasteiger partial charge on any atom is -0.507 e. The molecule has 0 bridgehead atoms. The number of benzene rings is 4. The quantitative estimate of drug-likeness (QED) is 0.373. The molecule has 0 aliphatic rings. The molecule has 0 aromatic heterocycles. The van der Waals surface area contributed by atoms with Gasteiger partial charge in [-0.15, -0.1) is 0 Å². The Labute approximate surface area is 172 Å². The van der Waals surface area contributed by atoms with Gasteiger partial charge in [-0.3, -0.25) is 0 Å². The number of carbonyl (C=O) groups is 2. The van der Waals surface area contributed by atoms with Crippen molar-refractivity contribution < 1.29 is 30.0 Å². The standard InChI is InChI=1S/C10H8O2.2C7H6O2/c11-8-5-1-3-7-4-2-6-9(12)10(7)8;2*8-7(9)6-4-2-1-3-5-6/h1-6,11-12H;2*1-5H,(H,8,9). The van der Waals surface area contributed by atoms with Crippen molar-refractivity contribution in [3.8, 4) is 11.5 Å². The number of carboxylic acids is 2. The van der Waals surface area contributed by atoms with Gasteiger partial charge >= 0.3 is 11.9 Å². The SMILES string of the molecule is O=C(O)c1ccccc1.O=C(O)c1ccccc1.Oc1cccc2cccc(O)c12. The lowest BCUT2D eigenvalue weighted by Gasteiger charge is -2.01. The predicted octanol–water partition coefficient (Wildman–Crippen LogP) is 5.02. The van der Waals surface area contributed by atoms with E-state index >= 15 is 0 Å². The fourth-order valence-electron chi connectivity index (χ4n) is 2.46. The van der Waals surface area contributed by atoms with Crippen LogP contribution < -0.4 is 0 Å². The lowest BCUT2D eigenvalue weighted by atomic mass is 10.1. The topological polar surface area (TPSA) is 115 Å². The molecule has 0 heterocycles. The Morgan fingerprint density at radius 2 is 0.867 bits per heavy atom. The number of aromatic hydroxyl groups is 2. The lowest BCUT2D eigenvalue weighted by Crippen LogP contribution is -1.93. The monoisotopic (exact) mass is 404 g/mol. The number of aromatic carboxylic acids is 2. The number of phenolic OH excluding ortho intramolecular Hbond substituents is 2. The van der Waals surface area contributed by atoms with Gasteiger partial charge in [-0.1, -0.05) is 60.7 Å². The highest BCUT2D eigenvalue weighted by molar-refractivity contribution is 5.93. The largest absolute Gasteiger partial charge is 0.507 e. The number of fused-ring (bicyclic) bond motifs is 1. The Morgan fingerprint density at radius 3 is 1.13 bits per heavy atom. The first-order valence-corrected chi connectivity index (χ1v) is 8.86. The van der Waals surface area contributed by atoms with Crippen LogP contribution in [0.3, 0.4) is 0 Å². The third-order valence-electron chi connectivity index (χ3n) is 3.90. The molecule has 0 amide bonds. The number of hydrogen-bond acceptors (Lipinski definition) is 4. The molecule has 6 heteroatoms. The van der Waals surface area contributed by atoms with Gasteiger partial charge in [0.05, 0.1) is 16.5 Å². The molecule has 4 rings (SSSR count). The molecule has 0 saturated heterocycles. The van der Waals surface area contributed by atoms with Gasteiger partial charge in [-0.25, -0.2) is 9.59 Å². The van der Waals surface area contributed by atoms with E-state index in [0.717, 1.165) is 5.39 Å². The van der Waals surface area contributed by atoms with Crippen molar-refractivity contribution in [3.63, 3.8) is 0 Å². The molecule has 0 unspecified atom stereocenters. The Bertz CT molecular complexity index is 1020. The van der Waals surface area contributed by atoms with Crippen LogP contribution in [0.5, 0.6) is 11.5 Å². The van der Waals surface area contributed by atoms with Crippen molar-refractivity contribution in [2.24, 2.45) is 0 Å². The van der Waals surface area contributed by atoms with Gasteiger partial charge in [-0.05, 0) is 41.8 Å². The summed E-state index contributed by atoms with van der Waals surface area (Å²) in [5, 5.41) is 36.9. The van der Waals surface area contributed by atoms with Crippen LogP contribution in [0.2, 0.25) is 0 Å². The first-order valence-electron chi connectivity index (χ1n) is 8.86. The van der Waals surface area contributed by atoms with Crippen molar-refractivity contribution in [1.82, 2.24) is 0 Å². The van der Waals surface area contributed by atoms with E-state index in [1.807, 2.05) is 12.1 Å². The van der Waals surface area contributed by atoms with Crippen molar-refractivity contribution >= 4 is 22.7 Å². The van der Waals surface area contributed by atoms with Crippen LogP contribution in [0, 0.1) is 0 Å². The van der Waals surface area contributed by atoms with E-state index in [0.29, 0.717) is 16.5 Å². The van der Waals surface area contributed by atoms with Crippen molar-refractivity contribution in [1.29, 1.82) is 0 Å². The van der Waals surface area contributed by atoms with Gasteiger partial charge in [0, 0.05) is 0 Å². The molecule has 0 spiro atoms.